The summed E-state index contributed by atoms with van der Waals surface area (Å²) in [6.07, 6.45) is 4.00. The summed E-state index contributed by atoms with van der Waals surface area (Å²) < 4.78 is 0. The molecule has 0 bridgehead atoms. The van der Waals surface area contributed by atoms with Gasteiger partial charge in [-0.1, -0.05) is 25.2 Å². The first-order chi connectivity index (χ1) is 9.62. The van der Waals surface area contributed by atoms with E-state index in [9.17, 15) is 9.90 Å². The van der Waals surface area contributed by atoms with Gasteiger partial charge in [-0.2, -0.15) is 0 Å². The molecule has 1 aromatic heterocycles. The maximum absolute atomic E-state index is 11.8. The molecule has 6 nitrogen and oxygen atoms in total. The molecule has 7 heteroatoms. The van der Waals surface area contributed by atoms with Gasteiger partial charge in [-0.05, 0) is 25.7 Å². The first-order valence-electron chi connectivity index (χ1n) is 7.11. The molecule has 1 saturated carbocycles. The van der Waals surface area contributed by atoms with Crippen LogP contribution < -0.4 is 10.6 Å². The number of aliphatic hydroxyl groups is 1. The lowest BCUT2D eigenvalue weighted by atomic mass is 10.1. The molecule has 112 valence electrons. The second kappa shape index (κ2) is 6.49. The van der Waals surface area contributed by atoms with Crippen LogP contribution in [-0.4, -0.2) is 34.5 Å². The number of rotatable bonds is 7. The summed E-state index contributed by atoms with van der Waals surface area (Å²) in [6.45, 7) is 4.89. The topological polar surface area (TPSA) is 87.1 Å². The number of urea groups is 1. The minimum atomic E-state index is -0.281. The molecule has 1 heterocycles. The van der Waals surface area contributed by atoms with Gasteiger partial charge in [0.2, 0.25) is 5.13 Å². The monoisotopic (exact) mass is 298 g/mol. The minimum Gasteiger partial charge on any atom is -0.396 e. The Morgan fingerprint density at radius 2 is 2.10 bits per heavy atom. The number of nitrogens with one attached hydrogen (secondary N) is 2. The van der Waals surface area contributed by atoms with Gasteiger partial charge in [0.25, 0.3) is 0 Å². The van der Waals surface area contributed by atoms with Crippen molar-refractivity contribution in [2.45, 2.75) is 45.4 Å². The summed E-state index contributed by atoms with van der Waals surface area (Å²) in [6, 6.07) is -0.281. The number of hydrogen-bond acceptors (Lipinski definition) is 5. The van der Waals surface area contributed by atoms with Crippen molar-refractivity contribution in [3.63, 3.8) is 0 Å². The maximum Gasteiger partial charge on any atom is 0.321 e. The number of aliphatic hydroxyl groups excluding tert-OH is 1. The Morgan fingerprint density at radius 3 is 2.65 bits per heavy atom. The highest BCUT2D eigenvalue weighted by atomic mass is 32.1. The van der Waals surface area contributed by atoms with Crippen LogP contribution in [0.15, 0.2) is 0 Å². The van der Waals surface area contributed by atoms with Gasteiger partial charge < -0.3 is 10.4 Å². The van der Waals surface area contributed by atoms with Crippen LogP contribution >= 0.6 is 11.3 Å². The fourth-order valence-electron chi connectivity index (χ4n) is 2.06. The molecule has 2 amide bonds. The van der Waals surface area contributed by atoms with E-state index in [-0.39, 0.29) is 18.1 Å². The number of carbonyl (C=O) groups is 1. The SMILES string of the molecule is CCC(CC)c1nnc(NC(=O)NCC2(CO)CC2)s1. The first kappa shape index (κ1) is 15.2. The lowest BCUT2D eigenvalue weighted by Crippen LogP contribution is -2.35. The molecule has 20 heavy (non-hydrogen) atoms. The Bertz CT molecular complexity index is 455. The van der Waals surface area contributed by atoms with E-state index in [1.54, 1.807) is 0 Å². The predicted molar refractivity (Wildman–Crippen MR) is 79.0 cm³/mol. The maximum atomic E-state index is 11.8. The Hall–Kier alpha value is -1.21. The normalized spacial score (nSPS) is 16.2. The van der Waals surface area contributed by atoms with Crippen molar-refractivity contribution >= 4 is 22.5 Å². The van der Waals surface area contributed by atoms with Crippen molar-refractivity contribution in [1.82, 2.24) is 15.5 Å². The van der Waals surface area contributed by atoms with Gasteiger partial charge in [-0.25, -0.2) is 4.79 Å². The van der Waals surface area contributed by atoms with Crippen LogP contribution in [0.3, 0.4) is 0 Å². The lowest BCUT2D eigenvalue weighted by molar-refractivity contribution is 0.206. The van der Waals surface area contributed by atoms with Crippen molar-refractivity contribution in [2.75, 3.05) is 18.5 Å². The summed E-state index contributed by atoms with van der Waals surface area (Å²) >= 11 is 1.43. The molecule has 1 aromatic rings. The van der Waals surface area contributed by atoms with Gasteiger partial charge in [0.1, 0.15) is 5.01 Å². The second-order valence-electron chi connectivity index (χ2n) is 5.42. The van der Waals surface area contributed by atoms with Crippen molar-refractivity contribution in [1.29, 1.82) is 0 Å². The van der Waals surface area contributed by atoms with Crippen LogP contribution in [0.2, 0.25) is 0 Å². The van der Waals surface area contributed by atoms with Crippen molar-refractivity contribution in [2.24, 2.45) is 5.41 Å². The Labute approximate surface area is 123 Å². The van der Waals surface area contributed by atoms with E-state index in [1.165, 1.54) is 11.3 Å². The van der Waals surface area contributed by atoms with Crippen LogP contribution in [0.4, 0.5) is 9.93 Å². The minimum absolute atomic E-state index is 0.0842. The van der Waals surface area contributed by atoms with Crippen LogP contribution in [0.1, 0.15) is 50.5 Å². The molecular formula is C13H22N4O2S. The van der Waals surface area contributed by atoms with E-state index < -0.39 is 0 Å². The number of amides is 2. The van der Waals surface area contributed by atoms with Gasteiger partial charge >= 0.3 is 6.03 Å². The van der Waals surface area contributed by atoms with Gasteiger partial charge in [-0.3, -0.25) is 5.32 Å². The van der Waals surface area contributed by atoms with Crippen LogP contribution in [0.25, 0.3) is 0 Å². The third kappa shape index (κ3) is 3.67. The zero-order valence-corrected chi connectivity index (χ0v) is 12.8. The third-order valence-corrected chi connectivity index (χ3v) is 4.91. The molecule has 0 radical (unpaired) electrons. The fraction of sp³-hybridized carbons (Fsp3) is 0.769. The van der Waals surface area contributed by atoms with E-state index in [0.29, 0.717) is 17.6 Å². The van der Waals surface area contributed by atoms with E-state index >= 15 is 0 Å². The highest BCUT2D eigenvalue weighted by molar-refractivity contribution is 7.15. The number of anilines is 1. The average molecular weight is 298 g/mol. The molecule has 1 fully saturated rings. The lowest BCUT2D eigenvalue weighted by Gasteiger charge is -2.12. The van der Waals surface area contributed by atoms with Crippen molar-refractivity contribution in [3.05, 3.63) is 5.01 Å². The summed E-state index contributed by atoms with van der Waals surface area (Å²) in [4.78, 5) is 11.8. The van der Waals surface area contributed by atoms with Gasteiger partial charge in [0.05, 0.1) is 6.61 Å². The Kier molecular flexibility index (Phi) is 4.93. The molecular weight excluding hydrogens is 276 g/mol. The standard InChI is InChI=1S/C13H22N4O2S/c1-3-9(4-2)10-16-17-12(20-10)15-11(19)14-7-13(8-18)5-6-13/h9,18H,3-8H2,1-2H3,(H2,14,15,17,19). The van der Waals surface area contributed by atoms with E-state index in [0.717, 1.165) is 30.7 Å². The highest BCUT2D eigenvalue weighted by Gasteiger charge is 2.42. The van der Waals surface area contributed by atoms with Gasteiger partial charge in [0.15, 0.2) is 0 Å². The summed E-state index contributed by atoms with van der Waals surface area (Å²) in [7, 11) is 0. The first-order valence-corrected chi connectivity index (χ1v) is 7.93. The van der Waals surface area contributed by atoms with Crippen molar-refractivity contribution in [3.8, 4) is 0 Å². The van der Waals surface area contributed by atoms with Crippen LogP contribution in [0.5, 0.6) is 0 Å². The van der Waals surface area contributed by atoms with Gasteiger partial charge in [0, 0.05) is 17.9 Å². The molecule has 0 aromatic carbocycles. The Morgan fingerprint density at radius 1 is 1.40 bits per heavy atom. The number of aromatic nitrogens is 2. The molecule has 2 rings (SSSR count). The molecule has 0 spiro atoms. The van der Waals surface area contributed by atoms with Crippen LogP contribution in [-0.2, 0) is 0 Å². The molecule has 0 saturated heterocycles. The molecule has 1 aliphatic carbocycles. The number of hydrogen-bond donors (Lipinski definition) is 3. The summed E-state index contributed by atoms with van der Waals surface area (Å²) in [5.41, 5.74) is -0.0842. The van der Waals surface area contributed by atoms with Crippen molar-refractivity contribution < 1.29 is 9.90 Å². The fourth-order valence-corrected chi connectivity index (χ4v) is 3.07. The molecule has 3 N–H and O–H groups in total. The summed E-state index contributed by atoms with van der Waals surface area (Å²) in [5, 5.41) is 24.3. The average Bonchev–Trinajstić information content (AvgIpc) is 3.11. The summed E-state index contributed by atoms with van der Waals surface area (Å²) in [5.74, 6) is 0.412. The third-order valence-electron chi connectivity index (χ3n) is 3.91. The predicted octanol–water partition coefficient (Wildman–Crippen LogP) is 2.34. The second-order valence-corrected chi connectivity index (χ2v) is 6.43. The molecule has 1 aliphatic rings. The molecule has 0 aliphatic heterocycles. The van der Waals surface area contributed by atoms with E-state index in [2.05, 4.69) is 34.7 Å². The highest BCUT2D eigenvalue weighted by Crippen LogP contribution is 2.44. The molecule has 0 atom stereocenters. The van der Waals surface area contributed by atoms with Crippen LogP contribution in [0, 0.1) is 5.41 Å². The molecule has 0 unspecified atom stereocenters. The zero-order chi connectivity index (χ0) is 14.6. The smallest absolute Gasteiger partial charge is 0.321 e. The largest absolute Gasteiger partial charge is 0.396 e. The van der Waals surface area contributed by atoms with E-state index in [4.69, 9.17) is 0 Å². The zero-order valence-electron chi connectivity index (χ0n) is 12.0. The van der Waals surface area contributed by atoms with Gasteiger partial charge in [-0.15, -0.1) is 10.2 Å². The quantitative estimate of drug-likeness (QED) is 0.721. The number of nitrogens with zero attached hydrogens (tertiary/aromatic N) is 2. The van der Waals surface area contributed by atoms with E-state index in [1.807, 2.05) is 0 Å². The Balaban J connectivity index is 1.82. The number of carbonyl (C=O) groups excluding carboxylic acids is 1.